The van der Waals surface area contributed by atoms with Crippen LogP contribution in [0.1, 0.15) is 53.3 Å². The number of nitrogens with zero attached hydrogens (tertiary/aromatic N) is 1. The van der Waals surface area contributed by atoms with Crippen LogP contribution in [-0.2, 0) is 25.5 Å². The average Bonchev–Trinajstić information content (AvgIpc) is 3.15. The molecule has 0 aliphatic carbocycles. The monoisotopic (exact) mass is 334 g/mol. The van der Waals surface area contributed by atoms with Crippen LogP contribution in [0.2, 0.25) is 0 Å². The second kappa shape index (κ2) is 5.77. The standard InChI is InChI=1S/C16H18N2O6/c1-4-7-10-11(16(22)24-3)8-5-6-9(15(21)23-2)18(8)14(20)12(10)17-13(7)19/h7,9H,4-6H2,1-3H3,(H,17,19). The van der Waals surface area contributed by atoms with Gasteiger partial charge in [-0.25, -0.2) is 9.59 Å². The average molecular weight is 334 g/mol. The van der Waals surface area contributed by atoms with Gasteiger partial charge >= 0.3 is 11.9 Å². The molecule has 0 saturated carbocycles. The molecule has 3 heterocycles. The predicted molar refractivity (Wildman–Crippen MR) is 83.1 cm³/mol. The Labute approximate surface area is 137 Å². The molecule has 128 valence electrons. The molecule has 8 heteroatoms. The minimum atomic E-state index is -0.802. The van der Waals surface area contributed by atoms with Crippen LogP contribution in [0, 0.1) is 0 Å². The highest BCUT2D eigenvalue weighted by atomic mass is 16.5. The molecule has 24 heavy (non-hydrogen) atoms. The summed E-state index contributed by atoms with van der Waals surface area (Å²) >= 11 is 0. The third kappa shape index (κ3) is 2.05. The number of rotatable bonds is 3. The normalized spacial score (nSPS) is 21.0. The van der Waals surface area contributed by atoms with E-state index in [9.17, 15) is 19.2 Å². The minimum absolute atomic E-state index is 0.0619. The molecule has 0 bridgehead atoms. The lowest BCUT2D eigenvalue weighted by Gasteiger charge is -2.18. The number of amides is 1. The molecule has 2 unspecified atom stereocenters. The molecular formula is C16H18N2O6. The Morgan fingerprint density at radius 3 is 2.54 bits per heavy atom. The van der Waals surface area contributed by atoms with E-state index >= 15 is 0 Å². The number of methoxy groups -OCH3 is 2. The summed E-state index contributed by atoms with van der Waals surface area (Å²) < 4.78 is 10.9. The van der Waals surface area contributed by atoms with Gasteiger partial charge in [-0.05, 0) is 19.3 Å². The first-order chi connectivity index (χ1) is 11.5. The van der Waals surface area contributed by atoms with E-state index in [1.807, 2.05) is 6.92 Å². The van der Waals surface area contributed by atoms with Crippen molar-refractivity contribution in [1.82, 2.24) is 4.57 Å². The first kappa shape index (κ1) is 16.2. The third-order valence-electron chi connectivity index (χ3n) is 4.70. The smallest absolute Gasteiger partial charge is 0.340 e. The van der Waals surface area contributed by atoms with Crippen LogP contribution in [-0.4, -0.2) is 36.6 Å². The zero-order valence-electron chi connectivity index (χ0n) is 13.7. The molecule has 2 aliphatic rings. The number of fused-ring (bicyclic) bond motifs is 2. The SMILES string of the molecule is CCC1C(=O)Nc2c1c(C(=O)OC)c1n(c2=O)C(C(=O)OC)CC1. The van der Waals surface area contributed by atoms with Gasteiger partial charge in [0.05, 0.1) is 25.7 Å². The number of carbonyl (C=O) groups excluding carboxylic acids is 3. The van der Waals surface area contributed by atoms with E-state index in [4.69, 9.17) is 9.47 Å². The second-order valence-electron chi connectivity index (χ2n) is 5.80. The molecule has 3 rings (SSSR count). The highest BCUT2D eigenvalue weighted by Crippen LogP contribution is 2.40. The van der Waals surface area contributed by atoms with Crippen molar-refractivity contribution in [1.29, 1.82) is 0 Å². The molecule has 0 spiro atoms. The summed E-state index contributed by atoms with van der Waals surface area (Å²) in [5.41, 5.74) is 0.604. The van der Waals surface area contributed by atoms with Crippen LogP contribution in [0.25, 0.3) is 0 Å². The molecule has 1 amide bonds. The number of hydrogen-bond acceptors (Lipinski definition) is 6. The second-order valence-corrected chi connectivity index (χ2v) is 5.80. The van der Waals surface area contributed by atoms with Crippen molar-refractivity contribution in [3.8, 4) is 0 Å². The Kier molecular flexibility index (Phi) is 3.90. The summed E-state index contributed by atoms with van der Waals surface area (Å²) in [6, 6.07) is -0.802. The lowest BCUT2D eigenvalue weighted by Crippen LogP contribution is -2.31. The van der Waals surface area contributed by atoms with Crippen LogP contribution >= 0.6 is 0 Å². The van der Waals surface area contributed by atoms with Gasteiger partial charge in [-0.3, -0.25) is 14.2 Å². The van der Waals surface area contributed by atoms with E-state index in [0.29, 0.717) is 30.5 Å². The van der Waals surface area contributed by atoms with Crippen LogP contribution < -0.4 is 10.9 Å². The molecule has 1 aromatic heterocycles. The number of pyridine rings is 1. The van der Waals surface area contributed by atoms with Gasteiger partial charge in [0.25, 0.3) is 5.56 Å². The maximum absolute atomic E-state index is 12.8. The number of hydrogen-bond donors (Lipinski definition) is 1. The fraction of sp³-hybridized carbons (Fsp3) is 0.500. The van der Waals surface area contributed by atoms with E-state index in [0.717, 1.165) is 0 Å². The molecular weight excluding hydrogens is 316 g/mol. The highest BCUT2D eigenvalue weighted by molar-refractivity contribution is 6.07. The van der Waals surface area contributed by atoms with Crippen LogP contribution in [0.4, 0.5) is 5.69 Å². The number of esters is 2. The zero-order chi connectivity index (χ0) is 17.6. The number of carbonyl (C=O) groups is 3. The fourth-order valence-corrected chi connectivity index (χ4v) is 3.63. The fourth-order valence-electron chi connectivity index (χ4n) is 3.63. The summed E-state index contributed by atoms with van der Waals surface area (Å²) in [7, 11) is 2.49. The molecule has 2 atom stereocenters. The van der Waals surface area contributed by atoms with Crippen molar-refractivity contribution < 1.29 is 23.9 Å². The Hall–Kier alpha value is -2.64. The van der Waals surface area contributed by atoms with Crippen LogP contribution in [0.15, 0.2) is 4.79 Å². The van der Waals surface area contributed by atoms with Crippen LogP contribution in [0.3, 0.4) is 0 Å². The topological polar surface area (TPSA) is 104 Å². The summed E-state index contributed by atoms with van der Waals surface area (Å²) in [5, 5.41) is 2.56. The Balaban J connectivity index is 2.34. The zero-order valence-corrected chi connectivity index (χ0v) is 13.7. The van der Waals surface area contributed by atoms with Crippen LogP contribution in [0.5, 0.6) is 0 Å². The Bertz CT molecular complexity index is 810. The van der Waals surface area contributed by atoms with E-state index in [2.05, 4.69) is 5.32 Å². The van der Waals surface area contributed by atoms with Crippen molar-refractivity contribution >= 4 is 23.5 Å². The van der Waals surface area contributed by atoms with E-state index in [1.54, 1.807) is 0 Å². The van der Waals surface area contributed by atoms with E-state index < -0.39 is 29.5 Å². The molecule has 0 saturated heterocycles. The lowest BCUT2D eigenvalue weighted by atomic mass is 9.92. The van der Waals surface area contributed by atoms with Gasteiger partial charge in [-0.1, -0.05) is 6.92 Å². The van der Waals surface area contributed by atoms with Crippen molar-refractivity contribution in [3.63, 3.8) is 0 Å². The number of anilines is 1. The summed E-state index contributed by atoms with van der Waals surface area (Å²) in [6.07, 6.45) is 1.17. The molecule has 0 radical (unpaired) electrons. The quantitative estimate of drug-likeness (QED) is 0.818. The predicted octanol–water partition coefficient (Wildman–Crippen LogP) is 0.741. The summed E-state index contributed by atoms with van der Waals surface area (Å²) in [5.74, 6) is -2.07. The van der Waals surface area contributed by atoms with Gasteiger partial charge in [0, 0.05) is 11.3 Å². The van der Waals surface area contributed by atoms with E-state index in [-0.39, 0.29) is 17.2 Å². The van der Waals surface area contributed by atoms with Gasteiger partial charge in [0.1, 0.15) is 11.7 Å². The summed E-state index contributed by atoms with van der Waals surface area (Å²) in [6.45, 7) is 1.81. The first-order valence-electron chi connectivity index (χ1n) is 7.74. The van der Waals surface area contributed by atoms with Gasteiger partial charge in [-0.2, -0.15) is 0 Å². The number of nitrogens with one attached hydrogen (secondary N) is 1. The highest BCUT2D eigenvalue weighted by Gasteiger charge is 2.42. The van der Waals surface area contributed by atoms with Crippen molar-refractivity contribution in [2.45, 2.75) is 38.1 Å². The minimum Gasteiger partial charge on any atom is -0.467 e. The van der Waals surface area contributed by atoms with Gasteiger partial charge in [0.15, 0.2) is 0 Å². The van der Waals surface area contributed by atoms with Crippen molar-refractivity contribution in [3.05, 3.63) is 27.2 Å². The molecule has 0 aromatic carbocycles. The molecule has 0 fully saturated rings. The third-order valence-corrected chi connectivity index (χ3v) is 4.70. The first-order valence-corrected chi connectivity index (χ1v) is 7.74. The number of aromatic nitrogens is 1. The molecule has 1 aromatic rings. The summed E-state index contributed by atoms with van der Waals surface area (Å²) in [4.78, 5) is 49.4. The van der Waals surface area contributed by atoms with Gasteiger partial charge in [-0.15, -0.1) is 0 Å². The largest absolute Gasteiger partial charge is 0.467 e. The Morgan fingerprint density at radius 2 is 1.96 bits per heavy atom. The van der Waals surface area contributed by atoms with Crippen molar-refractivity contribution in [2.24, 2.45) is 0 Å². The molecule has 8 nitrogen and oxygen atoms in total. The molecule has 2 aliphatic heterocycles. The maximum atomic E-state index is 12.8. The number of ether oxygens (including phenoxy) is 2. The lowest BCUT2D eigenvalue weighted by molar-refractivity contribution is -0.144. The van der Waals surface area contributed by atoms with E-state index in [1.165, 1.54) is 18.8 Å². The Morgan fingerprint density at radius 1 is 1.25 bits per heavy atom. The molecule has 1 N–H and O–H groups in total. The maximum Gasteiger partial charge on any atom is 0.340 e. The van der Waals surface area contributed by atoms with Gasteiger partial charge < -0.3 is 14.8 Å². The van der Waals surface area contributed by atoms with Crippen molar-refractivity contribution in [2.75, 3.05) is 19.5 Å². The van der Waals surface area contributed by atoms with Gasteiger partial charge in [0.2, 0.25) is 5.91 Å².